The van der Waals surface area contributed by atoms with E-state index in [0.29, 0.717) is 0 Å². The lowest BCUT2D eigenvalue weighted by atomic mass is 10.1. The molecule has 1 N–H and O–H groups in total. The van der Waals surface area contributed by atoms with Gasteiger partial charge in [-0.05, 0) is 30.9 Å². The third-order valence-corrected chi connectivity index (χ3v) is 2.73. The summed E-state index contributed by atoms with van der Waals surface area (Å²) in [5.74, 6) is 0. The summed E-state index contributed by atoms with van der Waals surface area (Å²) in [5.41, 5.74) is 2.11. The van der Waals surface area contributed by atoms with Crippen molar-refractivity contribution in [2.75, 3.05) is 18.0 Å². The number of piperidine rings is 1. The van der Waals surface area contributed by atoms with Crippen LogP contribution in [0.3, 0.4) is 0 Å². The van der Waals surface area contributed by atoms with E-state index >= 15 is 0 Å². The van der Waals surface area contributed by atoms with E-state index in [4.69, 9.17) is 5.11 Å². The lowest BCUT2D eigenvalue weighted by Crippen LogP contribution is -2.29. The first-order valence-corrected chi connectivity index (χ1v) is 5.26. The Morgan fingerprint density at radius 3 is 2.79 bits per heavy atom. The third-order valence-electron chi connectivity index (χ3n) is 2.73. The molecule has 0 amide bonds. The Labute approximate surface area is 85.2 Å². The maximum atomic E-state index is 9.03. The SMILES string of the molecule is OCc1cc[c]c(N2CCCCC2)c1. The fraction of sp³-hybridized carbons (Fsp3) is 0.500. The number of anilines is 1. The van der Waals surface area contributed by atoms with Gasteiger partial charge in [0.05, 0.1) is 6.61 Å². The molecule has 14 heavy (non-hydrogen) atoms. The Kier molecular flexibility index (Phi) is 3.04. The molecule has 0 atom stereocenters. The van der Waals surface area contributed by atoms with Crippen LogP contribution in [0.2, 0.25) is 0 Å². The first-order valence-electron chi connectivity index (χ1n) is 5.26. The fourth-order valence-electron chi connectivity index (χ4n) is 1.92. The van der Waals surface area contributed by atoms with Crippen molar-refractivity contribution in [2.24, 2.45) is 0 Å². The monoisotopic (exact) mass is 190 g/mol. The van der Waals surface area contributed by atoms with Crippen LogP contribution in [0.5, 0.6) is 0 Å². The van der Waals surface area contributed by atoms with Gasteiger partial charge in [0.2, 0.25) is 0 Å². The summed E-state index contributed by atoms with van der Waals surface area (Å²) in [4.78, 5) is 2.35. The Morgan fingerprint density at radius 2 is 2.07 bits per heavy atom. The summed E-state index contributed by atoms with van der Waals surface area (Å²) >= 11 is 0. The predicted octanol–water partition coefficient (Wildman–Crippen LogP) is 1.97. The van der Waals surface area contributed by atoms with Gasteiger partial charge in [0, 0.05) is 24.8 Å². The number of hydrogen-bond acceptors (Lipinski definition) is 2. The molecule has 1 radical (unpaired) electrons. The van der Waals surface area contributed by atoms with Gasteiger partial charge in [-0.1, -0.05) is 12.1 Å². The first-order chi connectivity index (χ1) is 6.90. The van der Waals surface area contributed by atoms with Gasteiger partial charge in [-0.15, -0.1) is 0 Å². The molecule has 2 nitrogen and oxygen atoms in total. The van der Waals surface area contributed by atoms with E-state index in [0.717, 1.165) is 24.3 Å². The molecular weight excluding hydrogens is 174 g/mol. The third kappa shape index (κ3) is 2.07. The lowest BCUT2D eigenvalue weighted by Gasteiger charge is -2.28. The quantitative estimate of drug-likeness (QED) is 0.770. The van der Waals surface area contributed by atoms with Crippen LogP contribution in [0.25, 0.3) is 0 Å². The number of aliphatic hydroxyl groups is 1. The lowest BCUT2D eigenvalue weighted by molar-refractivity contribution is 0.282. The second-order valence-electron chi connectivity index (χ2n) is 3.79. The van der Waals surface area contributed by atoms with E-state index in [2.05, 4.69) is 11.0 Å². The Hall–Kier alpha value is -1.02. The minimum atomic E-state index is 0.121. The number of rotatable bonds is 2. The van der Waals surface area contributed by atoms with Crippen molar-refractivity contribution in [1.82, 2.24) is 0 Å². The average molecular weight is 190 g/mol. The van der Waals surface area contributed by atoms with E-state index in [1.807, 2.05) is 18.2 Å². The average Bonchev–Trinajstić information content (AvgIpc) is 2.30. The Morgan fingerprint density at radius 1 is 1.29 bits per heavy atom. The van der Waals surface area contributed by atoms with E-state index in [1.165, 1.54) is 19.3 Å². The van der Waals surface area contributed by atoms with Crippen molar-refractivity contribution in [3.8, 4) is 0 Å². The van der Waals surface area contributed by atoms with E-state index < -0.39 is 0 Å². The molecule has 0 saturated carbocycles. The van der Waals surface area contributed by atoms with Gasteiger partial charge in [-0.2, -0.15) is 0 Å². The molecule has 2 rings (SSSR count). The van der Waals surface area contributed by atoms with Crippen LogP contribution < -0.4 is 4.90 Å². The zero-order chi connectivity index (χ0) is 9.80. The number of benzene rings is 1. The molecule has 75 valence electrons. The largest absolute Gasteiger partial charge is 0.392 e. The van der Waals surface area contributed by atoms with Gasteiger partial charge >= 0.3 is 0 Å². The van der Waals surface area contributed by atoms with Crippen molar-refractivity contribution in [1.29, 1.82) is 0 Å². The fourth-order valence-corrected chi connectivity index (χ4v) is 1.92. The molecule has 0 aliphatic carbocycles. The second kappa shape index (κ2) is 4.47. The van der Waals surface area contributed by atoms with Crippen molar-refractivity contribution in [3.05, 3.63) is 29.8 Å². The zero-order valence-electron chi connectivity index (χ0n) is 8.37. The van der Waals surface area contributed by atoms with E-state index in [1.54, 1.807) is 0 Å². The van der Waals surface area contributed by atoms with Crippen LogP contribution in [-0.4, -0.2) is 18.2 Å². The van der Waals surface area contributed by atoms with E-state index in [-0.39, 0.29) is 6.61 Å². The van der Waals surface area contributed by atoms with Crippen LogP contribution in [0.4, 0.5) is 5.69 Å². The summed E-state index contributed by atoms with van der Waals surface area (Å²) in [6, 6.07) is 9.07. The molecule has 0 spiro atoms. The molecule has 1 fully saturated rings. The van der Waals surface area contributed by atoms with Gasteiger partial charge in [-0.3, -0.25) is 0 Å². The van der Waals surface area contributed by atoms with Gasteiger partial charge in [0.25, 0.3) is 0 Å². The summed E-state index contributed by atoms with van der Waals surface area (Å²) in [6.07, 6.45) is 3.89. The highest BCUT2D eigenvalue weighted by atomic mass is 16.3. The van der Waals surface area contributed by atoms with Gasteiger partial charge in [-0.25, -0.2) is 0 Å². The molecule has 2 heteroatoms. The maximum Gasteiger partial charge on any atom is 0.0682 e. The number of hydrogen-bond donors (Lipinski definition) is 1. The molecule has 1 saturated heterocycles. The molecule has 0 unspecified atom stereocenters. The van der Waals surface area contributed by atoms with Crippen LogP contribution in [-0.2, 0) is 6.61 Å². The molecule has 1 aromatic rings. The maximum absolute atomic E-state index is 9.03. The molecule has 1 aromatic carbocycles. The number of aliphatic hydroxyl groups excluding tert-OH is 1. The van der Waals surface area contributed by atoms with Crippen LogP contribution in [0.15, 0.2) is 18.2 Å². The molecule has 0 aromatic heterocycles. The van der Waals surface area contributed by atoms with Gasteiger partial charge in [0.15, 0.2) is 0 Å². The molecule has 0 bridgehead atoms. The van der Waals surface area contributed by atoms with Crippen molar-refractivity contribution >= 4 is 5.69 Å². The van der Waals surface area contributed by atoms with Gasteiger partial charge < -0.3 is 10.0 Å². The summed E-state index contributed by atoms with van der Waals surface area (Å²) in [7, 11) is 0. The molecule has 1 aliphatic rings. The highest BCUT2D eigenvalue weighted by Crippen LogP contribution is 2.20. The van der Waals surface area contributed by atoms with Crippen LogP contribution >= 0.6 is 0 Å². The Bertz CT molecular complexity index is 292. The zero-order valence-corrected chi connectivity index (χ0v) is 8.37. The highest BCUT2D eigenvalue weighted by Gasteiger charge is 2.10. The second-order valence-corrected chi connectivity index (χ2v) is 3.79. The first kappa shape index (κ1) is 9.53. The molecule has 1 heterocycles. The minimum absolute atomic E-state index is 0.121. The standard InChI is InChI=1S/C12H16NO/c14-10-11-5-4-6-12(9-11)13-7-2-1-3-8-13/h4-5,9,14H,1-3,7-8,10H2. The summed E-state index contributed by atoms with van der Waals surface area (Å²) < 4.78 is 0. The Balaban J connectivity index is 2.13. The number of nitrogens with zero attached hydrogens (tertiary/aromatic N) is 1. The van der Waals surface area contributed by atoms with Crippen molar-refractivity contribution in [3.63, 3.8) is 0 Å². The van der Waals surface area contributed by atoms with Crippen molar-refractivity contribution < 1.29 is 5.11 Å². The van der Waals surface area contributed by atoms with Gasteiger partial charge in [0.1, 0.15) is 0 Å². The summed E-state index contributed by atoms with van der Waals surface area (Å²) in [6.45, 7) is 2.38. The van der Waals surface area contributed by atoms with E-state index in [9.17, 15) is 0 Å². The summed E-state index contributed by atoms with van der Waals surface area (Å²) in [5, 5.41) is 9.03. The molecular formula is C12H16NO. The topological polar surface area (TPSA) is 23.5 Å². The van der Waals surface area contributed by atoms with Crippen LogP contribution in [0, 0.1) is 6.07 Å². The normalized spacial score (nSPS) is 17.1. The van der Waals surface area contributed by atoms with Crippen molar-refractivity contribution in [2.45, 2.75) is 25.9 Å². The predicted molar refractivity (Wildman–Crippen MR) is 57.3 cm³/mol. The smallest absolute Gasteiger partial charge is 0.0682 e. The minimum Gasteiger partial charge on any atom is -0.392 e. The van der Waals surface area contributed by atoms with Crippen LogP contribution in [0.1, 0.15) is 24.8 Å². The molecule has 1 aliphatic heterocycles. The highest BCUT2D eigenvalue weighted by molar-refractivity contribution is 5.47.